The molecular weight excluding hydrogens is 344 g/mol. The predicted octanol–water partition coefficient (Wildman–Crippen LogP) is 3.83. The second-order valence-electron chi connectivity index (χ2n) is 7.23. The first kappa shape index (κ1) is 15.8. The van der Waals surface area contributed by atoms with Crippen LogP contribution in [0.5, 0.6) is 0 Å². The number of para-hydroxylation sites is 1. The largest absolute Gasteiger partial charge is 0.443 e. The lowest BCUT2D eigenvalue weighted by atomic mass is 9.75. The van der Waals surface area contributed by atoms with Gasteiger partial charge in [0.05, 0.1) is 5.69 Å². The van der Waals surface area contributed by atoms with Crippen molar-refractivity contribution in [3.8, 4) is 0 Å². The van der Waals surface area contributed by atoms with Crippen molar-refractivity contribution in [2.45, 2.75) is 44.6 Å². The number of carbonyl (C=O) groups is 1. The highest BCUT2D eigenvalue weighted by atomic mass is 79.9. The van der Waals surface area contributed by atoms with E-state index in [0.29, 0.717) is 6.54 Å². The van der Waals surface area contributed by atoms with Crippen molar-refractivity contribution in [1.29, 1.82) is 0 Å². The predicted molar refractivity (Wildman–Crippen MR) is 91.5 cm³/mol. The summed E-state index contributed by atoms with van der Waals surface area (Å²) in [4.78, 5) is 14.5. The maximum atomic E-state index is 12.7. The van der Waals surface area contributed by atoms with E-state index in [-0.39, 0.29) is 11.5 Å². The number of carbonyl (C=O) groups excluding carboxylic acids is 1. The van der Waals surface area contributed by atoms with Crippen molar-refractivity contribution in [3.63, 3.8) is 0 Å². The van der Waals surface area contributed by atoms with Crippen LogP contribution in [0.2, 0.25) is 0 Å². The molecule has 2 heterocycles. The molecular formula is C17H23BrN2O2. The van der Waals surface area contributed by atoms with E-state index < -0.39 is 5.60 Å². The maximum Gasteiger partial charge on any atom is 0.414 e. The standard InChI is InChI=1S/C17H23BrN2O2/c1-16(2,3)22-15(21)20-11-17(7-9-19-10-8-17)12-5-4-6-13(18)14(12)20/h4-6,19H,7-11H2,1-3H3. The Labute approximate surface area is 140 Å². The highest BCUT2D eigenvalue weighted by Crippen LogP contribution is 2.49. The number of amides is 1. The van der Waals surface area contributed by atoms with Gasteiger partial charge in [-0.3, -0.25) is 4.90 Å². The monoisotopic (exact) mass is 366 g/mol. The molecule has 0 radical (unpaired) electrons. The smallest absolute Gasteiger partial charge is 0.414 e. The molecule has 5 heteroatoms. The van der Waals surface area contributed by atoms with Gasteiger partial charge >= 0.3 is 6.09 Å². The molecule has 1 spiro atoms. The summed E-state index contributed by atoms with van der Waals surface area (Å²) >= 11 is 3.62. The Morgan fingerprint density at radius 2 is 2.00 bits per heavy atom. The molecule has 0 aliphatic carbocycles. The van der Waals surface area contributed by atoms with Crippen LogP contribution in [0.25, 0.3) is 0 Å². The Morgan fingerprint density at radius 3 is 2.64 bits per heavy atom. The van der Waals surface area contributed by atoms with Crippen LogP contribution < -0.4 is 10.2 Å². The van der Waals surface area contributed by atoms with Gasteiger partial charge in [-0.05, 0) is 74.3 Å². The highest BCUT2D eigenvalue weighted by Gasteiger charge is 2.46. The van der Waals surface area contributed by atoms with E-state index in [1.165, 1.54) is 5.56 Å². The van der Waals surface area contributed by atoms with Gasteiger partial charge in [-0.25, -0.2) is 4.79 Å². The van der Waals surface area contributed by atoms with Crippen LogP contribution in [0.1, 0.15) is 39.2 Å². The van der Waals surface area contributed by atoms with Gasteiger partial charge in [-0.15, -0.1) is 0 Å². The number of anilines is 1. The molecule has 3 rings (SSSR count). The zero-order chi connectivity index (χ0) is 16.0. The Hall–Kier alpha value is -1.07. The number of piperidine rings is 1. The molecule has 1 aromatic rings. The molecule has 4 nitrogen and oxygen atoms in total. The van der Waals surface area contributed by atoms with Crippen LogP contribution in [-0.2, 0) is 10.2 Å². The topological polar surface area (TPSA) is 41.6 Å². The molecule has 1 aromatic carbocycles. The van der Waals surface area contributed by atoms with Gasteiger partial charge < -0.3 is 10.1 Å². The first-order valence-electron chi connectivity index (χ1n) is 7.83. The average Bonchev–Trinajstić information content (AvgIpc) is 2.74. The van der Waals surface area contributed by atoms with Gasteiger partial charge in [0.2, 0.25) is 0 Å². The molecule has 0 unspecified atom stereocenters. The maximum absolute atomic E-state index is 12.7. The first-order chi connectivity index (χ1) is 10.3. The van der Waals surface area contributed by atoms with Crippen LogP contribution in [0.4, 0.5) is 10.5 Å². The van der Waals surface area contributed by atoms with E-state index in [9.17, 15) is 4.79 Å². The van der Waals surface area contributed by atoms with Gasteiger partial charge in [-0.2, -0.15) is 0 Å². The number of hydrogen-bond acceptors (Lipinski definition) is 3. The van der Waals surface area contributed by atoms with Crippen LogP contribution in [-0.4, -0.2) is 31.3 Å². The van der Waals surface area contributed by atoms with E-state index in [4.69, 9.17) is 4.74 Å². The zero-order valence-corrected chi connectivity index (χ0v) is 15.0. The summed E-state index contributed by atoms with van der Waals surface area (Å²) in [7, 11) is 0. The van der Waals surface area contributed by atoms with E-state index in [1.54, 1.807) is 0 Å². The number of nitrogens with one attached hydrogen (secondary N) is 1. The van der Waals surface area contributed by atoms with Gasteiger partial charge in [0.25, 0.3) is 0 Å². The third kappa shape index (κ3) is 2.76. The quantitative estimate of drug-likeness (QED) is 0.758. The van der Waals surface area contributed by atoms with Crippen molar-refractivity contribution in [1.82, 2.24) is 5.32 Å². The molecule has 22 heavy (non-hydrogen) atoms. The molecule has 120 valence electrons. The minimum Gasteiger partial charge on any atom is -0.443 e. The molecule has 0 aromatic heterocycles. The molecule has 0 atom stereocenters. The van der Waals surface area contributed by atoms with E-state index >= 15 is 0 Å². The molecule has 1 fully saturated rings. The van der Waals surface area contributed by atoms with E-state index in [2.05, 4.69) is 33.4 Å². The van der Waals surface area contributed by atoms with Crippen molar-refractivity contribution in [3.05, 3.63) is 28.2 Å². The second kappa shape index (κ2) is 5.53. The molecule has 1 saturated heterocycles. The van der Waals surface area contributed by atoms with Crippen LogP contribution >= 0.6 is 15.9 Å². The average molecular weight is 367 g/mol. The van der Waals surface area contributed by atoms with Crippen molar-refractivity contribution in [2.75, 3.05) is 24.5 Å². The molecule has 1 N–H and O–H groups in total. The van der Waals surface area contributed by atoms with Gasteiger partial charge in [0, 0.05) is 16.4 Å². The third-order valence-electron chi connectivity index (χ3n) is 4.46. The van der Waals surface area contributed by atoms with E-state index in [1.807, 2.05) is 31.7 Å². The van der Waals surface area contributed by atoms with Crippen LogP contribution in [0.3, 0.4) is 0 Å². The van der Waals surface area contributed by atoms with Gasteiger partial charge in [0.15, 0.2) is 0 Å². The molecule has 0 bridgehead atoms. The van der Waals surface area contributed by atoms with E-state index in [0.717, 1.165) is 36.1 Å². The Balaban J connectivity index is 1.99. The minimum atomic E-state index is -0.484. The number of fused-ring (bicyclic) bond motifs is 2. The highest BCUT2D eigenvalue weighted by molar-refractivity contribution is 9.10. The Bertz CT molecular complexity index is 589. The fraction of sp³-hybridized carbons (Fsp3) is 0.588. The van der Waals surface area contributed by atoms with Crippen LogP contribution in [0.15, 0.2) is 22.7 Å². The van der Waals surface area contributed by atoms with Crippen molar-refractivity contribution < 1.29 is 9.53 Å². The molecule has 0 saturated carbocycles. The molecule has 1 amide bonds. The number of hydrogen-bond donors (Lipinski definition) is 1. The van der Waals surface area contributed by atoms with Gasteiger partial charge in [0.1, 0.15) is 5.60 Å². The number of halogens is 1. The Morgan fingerprint density at radius 1 is 1.32 bits per heavy atom. The second-order valence-corrected chi connectivity index (χ2v) is 8.09. The number of rotatable bonds is 0. The molecule has 2 aliphatic heterocycles. The normalized spacial score (nSPS) is 20.1. The lowest BCUT2D eigenvalue weighted by Gasteiger charge is -2.34. The number of benzene rings is 1. The van der Waals surface area contributed by atoms with Crippen LogP contribution in [0, 0.1) is 0 Å². The Kier molecular flexibility index (Phi) is 3.98. The lowest BCUT2D eigenvalue weighted by Crippen LogP contribution is -2.45. The SMILES string of the molecule is CC(C)(C)OC(=O)N1CC2(CCNCC2)c2cccc(Br)c21. The minimum absolute atomic E-state index is 0.0568. The first-order valence-corrected chi connectivity index (χ1v) is 8.62. The van der Waals surface area contributed by atoms with Gasteiger partial charge in [-0.1, -0.05) is 12.1 Å². The molecule has 2 aliphatic rings. The summed E-state index contributed by atoms with van der Waals surface area (Å²) in [5.41, 5.74) is 1.83. The summed E-state index contributed by atoms with van der Waals surface area (Å²) in [6.45, 7) is 8.41. The fourth-order valence-corrected chi connectivity index (χ4v) is 4.07. The third-order valence-corrected chi connectivity index (χ3v) is 5.10. The summed E-state index contributed by atoms with van der Waals surface area (Å²) in [6, 6.07) is 6.22. The van der Waals surface area contributed by atoms with Crippen molar-refractivity contribution in [2.24, 2.45) is 0 Å². The summed E-state index contributed by atoms with van der Waals surface area (Å²) in [5.74, 6) is 0. The summed E-state index contributed by atoms with van der Waals surface area (Å²) < 4.78 is 6.58. The summed E-state index contributed by atoms with van der Waals surface area (Å²) in [5, 5.41) is 3.42. The number of ether oxygens (including phenoxy) is 1. The fourth-order valence-electron chi connectivity index (χ4n) is 3.49. The lowest BCUT2D eigenvalue weighted by molar-refractivity contribution is 0.0575. The zero-order valence-electron chi connectivity index (χ0n) is 13.4. The van der Waals surface area contributed by atoms with Crippen molar-refractivity contribution >= 4 is 27.7 Å². The number of nitrogens with zero attached hydrogens (tertiary/aromatic N) is 1. The summed E-state index contributed by atoms with van der Waals surface area (Å²) in [6.07, 6.45) is 1.85.